The molecule has 0 bridgehead atoms. The number of thiophene rings is 1. The van der Waals surface area contributed by atoms with E-state index in [0.29, 0.717) is 0 Å². The minimum Gasteiger partial charge on any atom is -0.360 e. The van der Waals surface area contributed by atoms with Crippen LogP contribution in [0.2, 0.25) is 0 Å². The highest BCUT2D eigenvalue weighted by molar-refractivity contribution is 7.18. The SMILES string of the molecule is CCN1CCN(C(=O)CNc2ncnc3sc(C)c(C)c23)CC1. The molecule has 1 aliphatic heterocycles. The van der Waals surface area contributed by atoms with Crippen molar-refractivity contribution < 1.29 is 4.79 Å². The van der Waals surface area contributed by atoms with Gasteiger partial charge in [-0.15, -0.1) is 11.3 Å². The molecule has 1 fully saturated rings. The summed E-state index contributed by atoms with van der Waals surface area (Å²) in [6, 6.07) is 0. The number of aromatic nitrogens is 2. The molecule has 124 valence electrons. The molecule has 1 amide bonds. The van der Waals surface area contributed by atoms with Crippen molar-refractivity contribution in [2.24, 2.45) is 0 Å². The lowest BCUT2D eigenvalue weighted by atomic mass is 10.2. The predicted molar refractivity (Wildman–Crippen MR) is 94.1 cm³/mol. The summed E-state index contributed by atoms with van der Waals surface area (Å²) in [6.07, 6.45) is 1.56. The standard InChI is InChI=1S/C16H23N5OS/c1-4-20-5-7-21(8-6-20)13(22)9-17-15-14-11(2)12(3)23-16(14)19-10-18-15/h10H,4-9H2,1-3H3,(H,17,18,19). The lowest BCUT2D eigenvalue weighted by Gasteiger charge is -2.34. The number of piperazine rings is 1. The van der Waals surface area contributed by atoms with Gasteiger partial charge in [-0.05, 0) is 26.0 Å². The maximum Gasteiger partial charge on any atom is 0.242 e. The van der Waals surface area contributed by atoms with E-state index in [9.17, 15) is 4.79 Å². The van der Waals surface area contributed by atoms with Crippen molar-refractivity contribution >= 4 is 33.3 Å². The lowest BCUT2D eigenvalue weighted by Crippen LogP contribution is -2.49. The number of carbonyl (C=O) groups is 1. The Labute approximate surface area is 140 Å². The molecule has 1 aliphatic rings. The third-order valence-electron chi connectivity index (χ3n) is 4.54. The van der Waals surface area contributed by atoms with Crippen molar-refractivity contribution in [3.63, 3.8) is 0 Å². The van der Waals surface area contributed by atoms with Crippen molar-refractivity contribution in [3.05, 3.63) is 16.8 Å². The number of nitrogens with one attached hydrogen (secondary N) is 1. The van der Waals surface area contributed by atoms with E-state index in [1.807, 2.05) is 4.90 Å². The van der Waals surface area contributed by atoms with E-state index in [2.05, 4.69) is 41.0 Å². The Bertz CT molecular complexity index is 706. The van der Waals surface area contributed by atoms with E-state index in [-0.39, 0.29) is 12.5 Å². The van der Waals surface area contributed by atoms with Crippen LogP contribution in [0.3, 0.4) is 0 Å². The number of anilines is 1. The van der Waals surface area contributed by atoms with E-state index in [1.165, 1.54) is 10.4 Å². The van der Waals surface area contributed by atoms with Gasteiger partial charge >= 0.3 is 0 Å². The molecular formula is C16H23N5OS. The van der Waals surface area contributed by atoms with Gasteiger partial charge < -0.3 is 15.1 Å². The average molecular weight is 333 g/mol. The van der Waals surface area contributed by atoms with Gasteiger partial charge in [0.1, 0.15) is 17.0 Å². The fraction of sp³-hybridized carbons (Fsp3) is 0.562. The molecule has 0 saturated carbocycles. The van der Waals surface area contributed by atoms with Crippen LogP contribution < -0.4 is 5.32 Å². The maximum absolute atomic E-state index is 12.4. The highest BCUT2D eigenvalue weighted by atomic mass is 32.1. The largest absolute Gasteiger partial charge is 0.360 e. The van der Waals surface area contributed by atoms with Gasteiger partial charge in [0.05, 0.1) is 11.9 Å². The van der Waals surface area contributed by atoms with Crippen LogP contribution in [0.1, 0.15) is 17.4 Å². The van der Waals surface area contributed by atoms with E-state index < -0.39 is 0 Å². The molecule has 2 aromatic rings. The minimum absolute atomic E-state index is 0.136. The Morgan fingerprint density at radius 3 is 2.70 bits per heavy atom. The fourth-order valence-electron chi connectivity index (χ4n) is 2.90. The van der Waals surface area contributed by atoms with Crippen molar-refractivity contribution in [1.82, 2.24) is 19.8 Å². The van der Waals surface area contributed by atoms with Gasteiger partial charge in [0.2, 0.25) is 5.91 Å². The van der Waals surface area contributed by atoms with Crippen LogP contribution in [-0.2, 0) is 4.79 Å². The first-order valence-corrected chi connectivity index (χ1v) is 8.86. The van der Waals surface area contributed by atoms with E-state index in [1.54, 1.807) is 17.7 Å². The second-order valence-electron chi connectivity index (χ2n) is 5.85. The number of likely N-dealkylation sites (N-methyl/N-ethyl adjacent to an activating group) is 1. The topological polar surface area (TPSA) is 61.4 Å². The summed E-state index contributed by atoms with van der Waals surface area (Å²) in [6.45, 7) is 11.2. The number of amides is 1. The molecule has 0 aromatic carbocycles. The van der Waals surface area contributed by atoms with E-state index >= 15 is 0 Å². The van der Waals surface area contributed by atoms with Crippen LogP contribution in [0.5, 0.6) is 0 Å². The highest BCUT2D eigenvalue weighted by Crippen LogP contribution is 2.32. The van der Waals surface area contributed by atoms with Crippen LogP contribution in [0.25, 0.3) is 10.2 Å². The quantitative estimate of drug-likeness (QED) is 0.926. The van der Waals surface area contributed by atoms with Crippen molar-refractivity contribution in [2.75, 3.05) is 44.6 Å². The molecule has 6 nitrogen and oxygen atoms in total. The zero-order valence-corrected chi connectivity index (χ0v) is 14.7. The van der Waals surface area contributed by atoms with Crippen LogP contribution in [-0.4, -0.2) is 64.9 Å². The average Bonchev–Trinajstić information content (AvgIpc) is 2.88. The smallest absolute Gasteiger partial charge is 0.242 e. The van der Waals surface area contributed by atoms with Gasteiger partial charge in [-0.25, -0.2) is 9.97 Å². The first kappa shape index (κ1) is 16.1. The molecule has 23 heavy (non-hydrogen) atoms. The number of carbonyl (C=O) groups excluding carboxylic acids is 1. The molecule has 2 aromatic heterocycles. The van der Waals surface area contributed by atoms with Crippen LogP contribution >= 0.6 is 11.3 Å². The Balaban J connectivity index is 1.66. The number of hydrogen-bond acceptors (Lipinski definition) is 6. The maximum atomic E-state index is 12.4. The molecule has 0 radical (unpaired) electrons. The second kappa shape index (κ2) is 6.80. The Morgan fingerprint density at radius 2 is 2.00 bits per heavy atom. The molecule has 0 aliphatic carbocycles. The summed E-state index contributed by atoms with van der Waals surface area (Å²) in [7, 11) is 0. The van der Waals surface area contributed by atoms with Gasteiger partial charge in [0.15, 0.2) is 0 Å². The van der Waals surface area contributed by atoms with Crippen molar-refractivity contribution in [1.29, 1.82) is 0 Å². The molecular weight excluding hydrogens is 310 g/mol. The molecule has 1 saturated heterocycles. The number of rotatable bonds is 4. The molecule has 0 spiro atoms. The van der Waals surface area contributed by atoms with Crippen LogP contribution in [0.15, 0.2) is 6.33 Å². The second-order valence-corrected chi connectivity index (χ2v) is 7.06. The number of aryl methyl sites for hydroxylation is 2. The monoisotopic (exact) mass is 333 g/mol. The Hall–Kier alpha value is -1.73. The summed E-state index contributed by atoms with van der Waals surface area (Å²) in [4.78, 5) is 27.6. The lowest BCUT2D eigenvalue weighted by molar-refractivity contribution is -0.131. The summed E-state index contributed by atoms with van der Waals surface area (Å²) >= 11 is 1.67. The van der Waals surface area contributed by atoms with Crippen LogP contribution in [0, 0.1) is 13.8 Å². The van der Waals surface area contributed by atoms with Crippen molar-refractivity contribution in [2.45, 2.75) is 20.8 Å². The molecule has 0 atom stereocenters. The number of nitrogens with zero attached hydrogens (tertiary/aromatic N) is 4. The molecule has 7 heteroatoms. The van der Waals surface area contributed by atoms with Gasteiger partial charge in [0.25, 0.3) is 0 Å². The van der Waals surface area contributed by atoms with Crippen molar-refractivity contribution in [3.8, 4) is 0 Å². The first-order valence-electron chi connectivity index (χ1n) is 8.04. The zero-order chi connectivity index (χ0) is 16.4. The highest BCUT2D eigenvalue weighted by Gasteiger charge is 2.20. The number of fused-ring (bicyclic) bond motifs is 1. The molecule has 1 N–H and O–H groups in total. The summed E-state index contributed by atoms with van der Waals surface area (Å²) in [5, 5.41) is 4.26. The predicted octanol–water partition coefficient (Wildman–Crippen LogP) is 1.88. The molecule has 3 rings (SSSR count). The number of hydrogen-bond donors (Lipinski definition) is 1. The van der Waals surface area contributed by atoms with Gasteiger partial charge in [-0.3, -0.25) is 4.79 Å². The Kier molecular flexibility index (Phi) is 4.77. The zero-order valence-electron chi connectivity index (χ0n) is 13.9. The van der Waals surface area contributed by atoms with Crippen LogP contribution in [0.4, 0.5) is 5.82 Å². The third-order valence-corrected chi connectivity index (χ3v) is 5.66. The van der Waals surface area contributed by atoms with Gasteiger partial charge in [-0.1, -0.05) is 6.92 Å². The van der Waals surface area contributed by atoms with E-state index in [0.717, 1.165) is 48.8 Å². The molecule has 0 unspecified atom stereocenters. The summed E-state index contributed by atoms with van der Waals surface area (Å²) < 4.78 is 0. The van der Waals surface area contributed by atoms with Gasteiger partial charge in [-0.2, -0.15) is 0 Å². The van der Waals surface area contributed by atoms with Gasteiger partial charge in [0, 0.05) is 31.1 Å². The fourth-order valence-corrected chi connectivity index (χ4v) is 3.90. The summed E-state index contributed by atoms with van der Waals surface area (Å²) in [5.41, 5.74) is 1.19. The summed E-state index contributed by atoms with van der Waals surface area (Å²) in [5.74, 6) is 0.898. The minimum atomic E-state index is 0.136. The normalized spacial score (nSPS) is 16.0. The first-order chi connectivity index (χ1) is 11.1. The molecule has 3 heterocycles. The Morgan fingerprint density at radius 1 is 1.26 bits per heavy atom. The third kappa shape index (κ3) is 3.30. The van der Waals surface area contributed by atoms with E-state index in [4.69, 9.17) is 0 Å².